The molecule has 3 rings (SSSR count). The number of carbonyl (C=O) groups excluding carboxylic acids is 4. The number of amides is 4. The molecular formula is C25H36N6O11S2. The minimum Gasteiger partial charge on any atom is -0.445 e. The highest BCUT2D eigenvalue weighted by atomic mass is 32.2. The molecule has 1 aromatic carbocycles. The van der Waals surface area contributed by atoms with Gasteiger partial charge in [-0.1, -0.05) is 12.1 Å². The number of hydrazine groups is 1. The number of hydrogen-bond acceptors (Lipinski definition) is 14. The van der Waals surface area contributed by atoms with Crippen LogP contribution in [0.25, 0.3) is 0 Å². The molecule has 0 bridgehead atoms. The maximum absolute atomic E-state index is 13.9. The van der Waals surface area contributed by atoms with Gasteiger partial charge in [-0.15, -0.1) is 11.8 Å². The van der Waals surface area contributed by atoms with Gasteiger partial charge in [0, 0.05) is 52.3 Å². The van der Waals surface area contributed by atoms with Gasteiger partial charge in [0.05, 0.1) is 29.9 Å². The molecule has 2 fully saturated rings. The molecule has 0 radical (unpaired) electrons. The van der Waals surface area contributed by atoms with Crippen LogP contribution in [0.2, 0.25) is 0 Å². The maximum Gasteiger partial charge on any atom is 0.410 e. The number of piperazine rings is 1. The summed E-state index contributed by atoms with van der Waals surface area (Å²) in [7, 11) is -2.70. The van der Waals surface area contributed by atoms with Crippen molar-refractivity contribution in [3.8, 4) is 0 Å². The molecular weight excluding hydrogens is 624 g/mol. The van der Waals surface area contributed by atoms with Gasteiger partial charge in [-0.05, 0) is 29.9 Å². The molecule has 0 saturated carbocycles. The number of nitrogens with zero attached hydrogens (tertiary/aromatic N) is 5. The zero-order valence-corrected chi connectivity index (χ0v) is 26.4. The van der Waals surface area contributed by atoms with Crippen LogP contribution in [0, 0.1) is 10.1 Å². The van der Waals surface area contributed by atoms with Crippen LogP contribution in [0.15, 0.2) is 24.3 Å². The number of imide groups is 1. The molecule has 1 aromatic rings. The Morgan fingerprint density at radius 1 is 1.18 bits per heavy atom. The van der Waals surface area contributed by atoms with E-state index < -0.39 is 56.4 Å². The number of ether oxygens (including phenoxy) is 1. The average molecular weight is 661 g/mol. The van der Waals surface area contributed by atoms with E-state index in [-0.39, 0.29) is 25.3 Å². The lowest BCUT2D eigenvalue weighted by molar-refractivity contribution is -0.384. The molecule has 19 heteroatoms. The second-order valence-electron chi connectivity index (χ2n) is 9.97. The first-order chi connectivity index (χ1) is 20.7. The van der Waals surface area contributed by atoms with Gasteiger partial charge in [-0.25, -0.2) is 14.4 Å². The van der Waals surface area contributed by atoms with Crippen LogP contribution < -0.4 is 5.32 Å². The molecule has 2 aliphatic rings. The monoisotopic (exact) mass is 660 g/mol. The summed E-state index contributed by atoms with van der Waals surface area (Å²) in [6.07, 6.45) is -1.06. The molecule has 3 unspecified atom stereocenters. The van der Waals surface area contributed by atoms with E-state index in [9.17, 15) is 37.7 Å². The molecule has 17 nitrogen and oxygen atoms in total. The molecule has 44 heavy (non-hydrogen) atoms. The number of thioether (sulfide) groups is 1. The smallest absolute Gasteiger partial charge is 0.410 e. The Labute approximate surface area is 258 Å². The van der Waals surface area contributed by atoms with Crippen molar-refractivity contribution in [1.82, 2.24) is 25.3 Å². The second-order valence-corrected chi connectivity index (χ2v) is 13.0. The zero-order valence-electron chi connectivity index (χ0n) is 24.7. The van der Waals surface area contributed by atoms with Crippen LogP contribution in [-0.2, 0) is 40.1 Å². The molecule has 244 valence electrons. The number of rotatable bonds is 10. The quantitative estimate of drug-likeness (QED) is 0.211. The van der Waals surface area contributed by atoms with Gasteiger partial charge in [0.2, 0.25) is 5.91 Å². The van der Waals surface area contributed by atoms with Gasteiger partial charge in [-0.3, -0.25) is 24.0 Å². The first-order valence-corrected chi connectivity index (χ1v) is 16.5. The highest BCUT2D eigenvalue weighted by Gasteiger charge is 2.47. The molecule has 2 heterocycles. The van der Waals surface area contributed by atoms with Gasteiger partial charge in [0.1, 0.15) is 11.9 Å². The van der Waals surface area contributed by atoms with Gasteiger partial charge >= 0.3 is 18.1 Å². The normalized spacial score (nSPS) is 19.6. The highest BCUT2D eigenvalue weighted by Crippen LogP contribution is 2.32. The van der Waals surface area contributed by atoms with Crippen LogP contribution in [-0.4, -0.2) is 126 Å². The van der Waals surface area contributed by atoms with E-state index in [0.29, 0.717) is 37.5 Å². The Balaban J connectivity index is 1.83. The lowest BCUT2D eigenvalue weighted by Crippen LogP contribution is -2.59. The van der Waals surface area contributed by atoms with Crippen molar-refractivity contribution in [2.45, 2.75) is 44.3 Å². The van der Waals surface area contributed by atoms with Crippen LogP contribution in [0.3, 0.4) is 0 Å². The Hall–Kier alpha value is -3.52. The van der Waals surface area contributed by atoms with E-state index in [0.717, 1.165) is 35.0 Å². The fourth-order valence-electron chi connectivity index (χ4n) is 4.70. The number of hydrogen-bond donors (Lipinski definition) is 1. The van der Waals surface area contributed by atoms with Crippen molar-refractivity contribution in [1.29, 1.82) is 0 Å². The topological polar surface area (TPSA) is 198 Å². The van der Waals surface area contributed by atoms with Crippen molar-refractivity contribution >= 4 is 51.6 Å². The molecule has 2 aliphatic heterocycles. The third-order valence-electron chi connectivity index (χ3n) is 6.65. The number of nitro benzene ring substituents is 1. The van der Waals surface area contributed by atoms with E-state index >= 15 is 0 Å². The first-order valence-electron chi connectivity index (χ1n) is 13.6. The first kappa shape index (κ1) is 35.0. The summed E-state index contributed by atoms with van der Waals surface area (Å²) in [5.74, 6) is -1.09. The lowest BCUT2D eigenvalue weighted by atomic mass is 10.1. The van der Waals surface area contributed by atoms with E-state index in [1.165, 1.54) is 41.2 Å². The van der Waals surface area contributed by atoms with Gasteiger partial charge in [-0.2, -0.15) is 13.4 Å². The minimum atomic E-state index is -3.93. The number of non-ortho nitro benzene ring substituents is 1. The van der Waals surface area contributed by atoms with Crippen molar-refractivity contribution in [3.63, 3.8) is 0 Å². The summed E-state index contributed by atoms with van der Waals surface area (Å²) < 4.78 is 34.4. The van der Waals surface area contributed by atoms with Gasteiger partial charge < -0.3 is 19.8 Å². The Kier molecular flexibility index (Phi) is 12.3. The predicted octanol–water partition coefficient (Wildman–Crippen LogP) is 0.951. The average Bonchev–Trinajstić information content (AvgIpc) is 3.38. The molecule has 0 aromatic heterocycles. The molecule has 4 amide bonds. The fourth-order valence-corrected chi connectivity index (χ4v) is 6.47. The number of carbonyl (C=O) groups is 4. The molecule has 0 spiro atoms. The Morgan fingerprint density at radius 3 is 2.36 bits per heavy atom. The molecule has 0 aliphatic carbocycles. The summed E-state index contributed by atoms with van der Waals surface area (Å²) >= 11 is 1.14. The number of benzene rings is 1. The van der Waals surface area contributed by atoms with Gasteiger partial charge in [0.15, 0.2) is 0 Å². The van der Waals surface area contributed by atoms with Crippen LogP contribution in [0.5, 0.6) is 0 Å². The number of hydroxylamine groups is 1. The standard InChI is InChI=1S/C25H36N6O11S2/c1-5-43-22(23(33)27(3)24(34)30(41-17(2)32)28-12-10-26-11-13-28)21-14-20(42-44(4,38)39)15-29(21)25(35)40-16-18-6-8-19(9-7-18)31(36)37/h6-9,20-22,26H,5,10-16H2,1-4H3. The number of likely N-dealkylation sites (tertiary alicyclic amines) is 1. The highest BCUT2D eigenvalue weighted by molar-refractivity contribution is 8.00. The van der Waals surface area contributed by atoms with E-state index in [4.69, 9.17) is 13.8 Å². The van der Waals surface area contributed by atoms with E-state index in [1.807, 2.05) is 0 Å². The molecule has 3 atom stereocenters. The second kappa shape index (κ2) is 15.5. The number of urea groups is 1. The lowest BCUT2D eigenvalue weighted by Gasteiger charge is -2.37. The number of nitro groups is 1. The summed E-state index contributed by atoms with van der Waals surface area (Å²) in [5.41, 5.74) is 0.323. The number of nitrogens with one attached hydrogen (secondary N) is 1. The molecule has 2 saturated heterocycles. The van der Waals surface area contributed by atoms with E-state index in [2.05, 4.69) is 5.32 Å². The Bertz CT molecular complexity index is 1320. The molecule has 1 N–H and O–H groups in total. The SMILES string of the molecule is CCSC(C(=O)N(C)C(=O)N(OC(C)=O)N1CCNCC1)C1CC(OS(C)(=O)=O)CN1C(=O)OCc1ccc([N+](=O)[O-])cc1. The minimum absolute atomic E-state index is 0.0589. The summed E-state index contributed by atoms with van der Waals surface area (Å²) in [6.45, 7) is 4.11. The predicted molar refractivity (Wildman–Crippen MR) is 156 cm³/mol. The van der Waals surface area contributed by atoms with Crippen LogP contribution >= 0.6 is 11.8 Å². The van der Waals surface area contributed by atoms with E-state index in [1.54, 1.807) is 6.92 Å². The van der Waals surface area contributed by atoms with Crippen LogP contribution in [0.4, 0.5) is 15.3 Å². The van der Waals surface area contributed by atoms with Crippen molar-refractivity contribution in [2.75, 3.05) is 51.8 Å². The zero-order chi connectivity index (χ0) is 32.6. The largest absolute Gasteiger partial charge is 0.445 e. The summed E-state index contributed by atoms with van der Waals surface area (Å²) in [4.78, 5) is 69.9. The Morgan fingerprint density at radius 2 is 1.82 bits per heavy atom. The van der Waals surface area contributed by atoms with Crippen LogP contribution in [0.1, 0.15) is 25.8 Å². The summed E-state index contributed by atoms with van der Waals surface area (Å²) in [6, 6.07) is 3.50. The summed E-state index contributed by atoms with van der Waals surface area (Å²) in [5, 5.41) is 15.2. The fraction of sp³-hybridized carbons (Fsp3) is 0.600. The third kappa shape index (κ3) is 9.49. The van der Waals surface area contributed by atoms with Gasteiger partial charge in [0.25, 0.3) is 15.8 Å². The maximum atomic E-state index is 13.9. The van der Waals surface area contributed by atoms with Crippen molar-refractivity contribution in [2.24, 2.45) is 0 Å². The van der Waals surface area contributed by atoms with Crippen molar-refractivity contribution in [3.05, 3.63) is 39.9 Å². The van der Waals surface area contributed by atoms with Crippen molar-refractivity contribution < 1.29 is 46.3 Å². The third-order valence-corrected chi connectivity index (χ3v) is 8.48.